The summed E-state index contributed by atoms with van der Waals surface area (Å²) < 4.78 is 5.75. The fourth-order valence-electron chi connectivity index (χ4n) is 1.69. The molecule has 4 nitrogen and oxygen atoms in total. The molecule has 1 aromatic heterocycles. The Labute approximate surface area is 114 Å². The third kappa shape index (κ3) is 4.96. The minimum absolute atomic E-state index is 0.103. The van der Waals surface area contributed by atoms with E-state index in [2.05, 4.69) is 16.9 Å². The number of unbranched alkanes of at least 4 members (excludes halogenated alkanes) is 3. The molecule has 0 saturated heterocycles. The quantitative estimate of drug-likeness (QED) is 0.579. The smallest absolute Gasteiger partial charge is 0.243 e. The van der Waals surface area contributed by atoms with Crippen molar-refractivity contribution in [2.24, 2.45) is 5.73 Å². The number of hydrogen-bond acceptors (Lipinski definition) is 4. The van der Waals surface area contributed by atoms with Crippen LogP contribution in [-0.4, -0.2) is 21.1 Å². The van der Waals surface area contributed by atoms with Gasteiger partial charge in [0.1, 0.15) is 4.99 Å². The van der Waals surface area contributed by atoms with E-state index in [9.17, 15) is 0 Å². The summed E-state index contributed by atoms with van der Waals surface area (Å²) in [7, 11) is 0. The van der Waals surface area contributed by atoms with Crippen LogP contribution in [0.4, 0.5) is 0 Å². The molecule has 1 unspecified atom stereocenters. The lowest BCUT2D eigenvalue weighted by Crippen LogP contribution is -2.19. The lowest BCUT2D eigenvalue weighted by atomic mass is 10.1. The molecule has 0 bridgehead atoms. The van der Waals surface area contributed by atoms with Gasteiger partial charge < -0.3 is 10.5 Å². The van der Waals surface area contributed by atoms with Crippen LogP contribution in [0.2, 0.25) is 0 Å². The van der Waals surface area contributed by atoms with Crippen molar-refractivity contribution in [3.8, 4) is 5.88 Å². The lowest BCUT2D eigenvalue weighted by Gasteiger charge is -2.15. The van der Waals surface area contributed by atoms with Gasteiger partial charge in [0, 0.05) is 12.4 Å². The van der Waals surface area contributed by atoms with Gasteiger partial charge in [0.2, 0.25) is 5.88 Å². The van der Waals surface area contributed by atoms with E-state index < -0.39 is 0 Å². The van der Waals surface area contributed by atoms with Crippen LogP contribution in [0, 0.1) is 0 Å². The SMILES string of the molecule is CCCCCCC(C)Oc1nccnc1C(N)=S. The zero-order valence-corrected chi connectivity index (χ0v) is 11.9. The first-order valence-electron chi connectivity index (χ1n) is 6.42. The highest BCUT2D eigenvalue weighted by molar-refractivity contribution is 7.80. The first-order chi connectivity index (χ1) is 8.65. The first kappa shape index (κ1) is 14.8. The van der Waals surface area contributed by atoms with E-state index in [0.29, 0.717) is 11.6 Å². The van der Waals surface area contributed by atoms with E-state index in [4.69, 9.17) is 22.7 Å². The number of rotatable bonds is 8. The highest BCUT2D eigenvalue weighted by atomic mass is 32.1. The molecule has 0 radical (unpaired) electrons. The van der Waals surface area contributed by atoms with Gasteiger partial charge in [0.25, 0.3) is 0 Å². The van der Waals surface area contributed by atoms with Crippen molar-refractivity contribution in [3.63, 3.8) is 0 Å². The number of nitrogens with two attached hydrogens (primary N) is 1. The van der Waals surface area contributed by atoms with Gasteiger partial charge in [-0.1, -0.05) is 38.4 Å². The summed E-state index contributed by atoms with van der Waals surface area (Å²) in [5, 5.41) is 0. The Morgan fingerprint density at radius 1 is 1.33 bits per heavy atom. The molecule has 1 heterocycles. The molecule has 2 N–H and O–H groups in total. The number of ether oxygens (including phenoxy) is 1. The molecule has 1 rings (SSSR count). The number of aromatic nitrogens is 2. The molecular weight excluding hydrogens is 246 g/mol. The maximum Gasteiger partial charge on any atom is 0.243 e. The second-order valence-corrected chi connectivity index (χ2v) is 4.79. The van der Waals surface area contributed by atoms with Gasteiger partial charge in [-0.05, 0) is 19.8 Å². The van der Waals surface area contributed by atoms with Gasteiger partial charge in [-0.3, -0.25) is 0 Å². The summed E-state index contributed by atoms with van der Waals surface area (Å²) in [6.07, 6.45) is 9.18. The van der Waals surface area contributed by atoms with Crippen molar-refractivity contribution >= 4 is 17.2 Å². The summed E-state index contributed by atoms with van der Waals surface area (Å²) in [6, 6.07) is 0. The van der Waals surface area contributed by atoms with E-state index >= 15 is 0 Å². The van der Waals surface area contributed by atoms with Crippen molar-refractivity contribution < 1.29 is 4.74 Å². The average Bonchev–Trinajstić information content (AvgIpc) is 2.35. The Bertz CT molecular complexity index is 384. The van der Waals surface area contributed by atoms with Gasteiger partial charge in [-0.2, -0.15) is 0 Å². The van der Waals surface area contributed by atoms with Crippen molar-refractivity contribution in [1.29, 1.82) is 0 Å². The minimum Gasteiger partial charge on any atom is -0.473 e. The van der Waals surface area contributed by atoms with Crippen LogP contribution in [0.15, 0.2) is 12.4 Å². The molecule has 1 atom stereocenters. The van der Waals surface area contributed by atoms with Crippen LogP contribution in [0.1, 0.15) is 51.6 Å². The summed E-state index contributed by atoms with van der Waals surface area (Å²) in [5.74, 6) is 0.438. The lowest BCUT2D eigenvalue weighted by molar-refractivity contribution is 0.197. The van der Waals surface area contributed by atoms with Crippen LogP contribution in [0.3, 0.4) is 0 Å². The van der Waals surface area contributed by atoms with E-state index in [-0.39, 0.29) is 11.1 Å². The van der Waals surface area contributed by atoms with Gasteiger partial charge >= 0.3 is 0 Å². The summed E-state index contributed by atoms with van der Waals surface area (Å²) in [4.78, 5) is 8.44. The van der Waals surface area contributed by atoms with Crippen molar-refractivity contribution in [2.45, 2.75) is 52.1 Å². The maximum absolute atomic E-state index is 5.75. The van der Waals surface area contributed by atoms with E-state index in [1.807, 2.05) is 6.92 Å². The maximum atomic E-state index is 5.75. The molecule has 0 spiro atoms. The fraction of sp³-hybridized carbons (Fsp3) is 0.615. The molecule has 0 amide bonds. The normalized spacial score (nSPS) is 12.1. The molecule has 1 aromatic rings. The second kappa shape index (κ2) is 7.97. The van der Waals surface area contributed by atoms with Crippen LogP contribution < -0.4 is 10.5 Å². The Balaban J connectivity index is 2.48. The molecule has 0 aromatic carbocycles. The number of thiocarbonyl (C=S) groups is 1. The highest BCUT2D eigenvalue weighted by Gasteiger charge is 2.12. The molecule has 0 aliphatic heterocycles. The Morgan fingerprint density at radius 2 is 2.06 bits per heavy atom. The fourth-order valence-corrected chi connectivity index (χ4v) is 1.83. The minimum atomic E-state index is 0.103. The average molecular weight is 267 g/mol. The Kier molecular flexibility index (Phi) is 6.57. The van der Waals surface area contributed by atoms with Crippen LogP contribution in [0.5, 0.6) is 5.88 Å². The van der Waals surface area contributed by atoms with Gasteiger partial charge in [-0.15, -0.1) is 0 Å². The molecular formula is C13H21N3OS. The zero-order valence-electron chi connectivity index (χ0n) is 11.1. The van der Waals surface area contributed by atoms with E-state index in [0.717, 1.165) is 12.8 Å². The topological polar surface area (TPSA) is 61.0 Å². The van der Waals surface area contributed by atoms with Crippen molar-refractivity contribution in [1.82, 2.24) is 9.97 Å². The molecule has 0 aliphatic carbocycles. The standard InChI is InChI=1S/C13H21N3OS/c1-3-4-5-6-7-10(2)17-13-11(12(14)18)15-8-9-16-13/h8-10H,3-7H2,1-2H3,(H2,14,18). The Morgan fingerprint density at radius 3 is 2.72 bits per heavy atom. The molecule has 0 aliphatic rings. The van der Waals surface area contributed by atoms with Gasteiger partial charge in [0.05, 0.1) is 6.10 Å². The Hall–Kier alpha value is -1.23. The summed E-state index contributed by atoms with van der Waals surface area (Å²) in [6.45, 7) is 4.23. The van der Waals surface area contributed by atoms with Crippen LogP contribution in [0.25, 0.3) is 0 Å². The summed E-state index contributed by atoms with van der Waals surface area (Å²) >= 11 is 4.92. The van der Waals surface area contributed by atoms with Gasteiger partial charge in [-0.25, -0.2) is 9.97 Å². The molecule has 18 heavy (non-hydrogen) atoms. The summed E-state index contributed by atoms with van der Waals surface area (Å²) in [5.41, 5.74) is 6.04. The monoisotopic (exact) mass is 267 g/mol. The largest absolute Gasteiger partial charge is 0.473 e. The number of nitrogens with zero attached hydrogens (tertiary/aromatic N) is 2. The van der Waals surface area contributed by atoms with Crippen LogP contribution in [-0.2, 0) is 0 Å². The molecule has 100 valence electrons. The van der Waals surface area contributed by atoms with E-state index in [1.165, 1.54) is 19.3 Å². The third-order valence-corrected chi connectivity index (χ3v) is 2.87. The second-order valence-electron chi connectivity index (χ2n) is 4.35. The first-order valence-corrected chi connectivity index (χ1v) is 6.83. The van der Waals surface area contributed by atoms with Crippen molar-refractivity contribution in [2.75, 3.05) is 0 Å². The zero-order chi connectivity index (χ0) is 13.4. The third-order valence-electron chi connectivity index (χ3n) is 2.68. The van der Waals surface area contributed by atoms with Gasteiger partial charge in [0.15, 0.2) is 5.69 Å². The highest BCUT2D eigenvalue weighted by Crippen LogP contribution is 2.16. The predicted molar refractivity (Wildman–Crippen MR) is 76.8 cm³/mol. The van der Waals surface area contributed by atoms with Crippen LogP contribution >= 0.6 is 12.2 Å². The molecule has 0 saturated carbocycles. The molecule has 0 fully saturated rings. The number of hydrogen-bond donors (Lipinski definition) is 1. The predicted octanol–water partition coefficient (Wildman–Crippen LogP) is 2.85. The molecule has 5 heteroatoms. The van der Waals surface area contributed by atoms with Crippen molar-refractivity contribution in [3.05, 3.63) is 18.1 Å². The van der Waals surface area contributed by atoms with E-state index in [1.54, 1.807) is 12.4 Å².